The predicted molar refractivity (Wildman–Crippen MR) is 97.1 cm³/mol. The molecule has 2 aromatic heterocycles. The van der Waals surface area contributed by atoms with Crippen LogP contribution in [-0.2, 0) is 11.2 Å². The summed E-state index contributed by atoms with van der Waals surface area (Å²) in [6, 6.07) is 14.0. The molecule has 134 valence electrons. The number of nitrogens with one attached hydrogen (secondary N) is 1. The highest BCUT2D eigenvalue weighted by Crippen LogP contribution is 2.28. The summed E-state index contributed by atoms with van der Waals surface area (Å²) in [5.41, 5.74) is 2.06. The van der Waals surface area contributed by atoms with Crippen molar-refractivity contribution >= 4 is 5.91 Å². The van der Waals surface area contributed by atoms with Gasteiger partial charge in [0.2, 0.25) is 5.91 Å². The Hall–Kier alpha value is -2.95. The molecule has 3 rings (SSSR count). The second-order valence-electron chi connectivity index (χ2n) is 6.11. The van der Waals surface area contributed by atoms with Crippen molar-refractivity contribution < 1.29 is 13.6 Å². The molecule has 1 N–H and O–H groups in total. The first-order valence-corrected chi connectivity index (χ1v) is 8.67. The van der Waals surface area contributed by atoms with E-state index in [1.165, 1.54) is 12.1 Å². The topological polar surface area (TPSA) is 55.1 Å². The number of carbonyl (C=O) groups is 1. The molecule has 3 aromatic rings. The average Bonchev–Trinajstić information content (AvgIpc) is 3.20. The highest BCUT2D eigenvalue weighted by molar-refractivity contribution is 5.76. The SMILES string of the molecule is O=C(CCc1ccncc1)NCCC(c1ccc(F)cc1)c1ccco1. The minimum absolute atomic E-state index is 0.0131. The van der Waals surface area contributed by atoms with Crippen molar-refractivity contribution in [2.75, 3.05) is 6.54 Å². The lowest BCUT2D eigenvalue weighted by atomic mass is 9.93. The quantitative estimate of drug-likeness (QED) is 0.664. The van der Waals surface area contributed by atoms with E-state index < -0.39 is 0 Å². The standard InChI is InChI=1S/C21H21FN2O2/c22-18-6-4-17(5-7-18)19(20-2-1-15-26-20)11-14-24-21(25)8-3-16-9-12-23-13-10-16/h1-2,4-7,9-10,12-13,15,19H,3,8,11,14H2,(H,24,25). The molecule has 0 bridgehead atoms. The van der Waals surface area contributed by atoms with Gasteiger partial charge >= 0.3 is 0 Å². The maximum Gasteiger partial charge on any atom is 0.220 e. The molecule has 0 aliphatic carbocycles. The molecule has 1 aromatic carbocycles. The molecular formula is C21H21FN2O2. The van der Waals surface area contributed by atoms with Crippen molar-refractivity contribution in [2.24, 2.45) is 0 Å². The number of rotatable bonds is 8. The van der Waals surface area contributed by atoms with E-state index >= 15 is 0 Å². The van der Waals surface area contributed by atoms with Gasteiger partial charge in [0.25, 0.3) is 0 Å². The maximum absolute atomic E-state index is 13.2. The summed E-state index contributed by atoms with van der Waals surface area (Å²) in [7, 11) is 0. The summed E-state index contributed by atoms with van der Waals surface area (Å²) < 4.78 is 18.7. The molecule has 1 unspecified atom stereocenters. The second-order valence-corrected chi connectivity index (χ2v) is 6.11. The molecule has 4 nitrogen and oxygen atoms in total. The van der Waals surface area contributed by atoms with Crippen molar-refractivity contribution in [3.63, 3.8) is 0 Å². The van der Waals surface area contributed by atoms with Crippen LogP contribution in [0.25, 0.3) is 0 Å². The molecule has 0 spiro atoms. The first kappa shape index (κ1) is 17.9. The van der Waals surface area contributed by atoms with Gasteiger partial charge < -0.3 is 9.73 Å². The number of carbonyl (C=O) groups excluding carboxylic acids is 1. The van der Waals surface area contributed by atoms with E-state index in [9.17, 15) is 9.18 Å². The van der Waals surface area contributed by atoms with Gasteiger partial charge in [-0.3, -0.25) is 9.78 Å². The lowest BCUT2D eigenvalue weighted by Crippen LogP contribution is -2.26. The van der Waals surface area contributed by atoms with E-state index in [4.69, 9.17) is 4.42 Å². The van der Waals surface area contributed by atoms with Crippen LogP contribution >= 0.6 is 0 Å². The van der Waals surface area contributed by atoms with Gasteiger partial charge in [-0.25, -0.2) is 4.39 Å². The number of hydrogen-bond donors (Lipinski definition) is 1. The molecule has 0 aliphatic rings. The van der Waals surface area contributed by atoms with E-state index in [0.717, 1.165) is 16.9 Å². The van der Waals surface area contributed by atoms with Crippen LogP contribution in [0.5, 0.6) is 0 Å². The Morgan fingerprint density at radius 3 is 2.58 bits per heavy atom. The number of furan rings is 1. The zero-order valence-electron chi connectivity index (χ0n) is 14.4. The van der Waals surface area contributed by atoms with Crippen molar-refractivity contribution in [1.29, 1.82) is 0 Å². The highest BCUT2D eigenvalue weighted by Gasteiger charge is 2.17. The van der Waals surface area contributed by atoms with Crippen molar-refractivity contribution in [2.45, 2.75) is 25.2 Å². The van der Waals surface area contributed by atoms with E-state index in [-0.39, 0.29) is 17.6 Å². The number of aromatic nitrogens is 1. The van der Waals surface area contributed by atoms with Crippen LogP contribution in [0.15, 0.2) is 71.6 Å². The summed E-state index contributed by atoms with van der Waals surface area (Å²) in [4.78, 5) is 16.0. The number of pyridine rings is 1. The van der Waals surface area contributed by atoms with Gasteiger partial charge in [-0.2, -0.15) is 0 Å². The van der Waals surface area contributed by atoms with Crippen LogP contribution in [0.4, 0.5) is 4.39 Å². The van der Waals surface area contributed by atoms with Crippen LogP contribution in [-0.4, -0.2) is 17.4 Å². The minimum atomic E-state index is -0.267. The van der Waals surface area contributed by atoms with Crippen LogP contribution in [0, 0.1) is 5.82 Å². The number of nitrogens with zero attached hydrogens (tertiary/aromatic N) is 1. The third-order valence-electron chi connectivity index (χ3n) is 4.30. The Balaban J connectivity index is 1.53. The van der Waals surface area contributed by atoms with Gasteiger partial charge in [-0.15, -0.1) is 0 Å². The number of amides is 1. The smallest absolute Gasteiger partial charge is 0.220 e. The predicted octanol–water partition coefficient (Wildman–Crippen LogP) is 4.08. The highest BCUT2D eigenvalue weighted by atomic mass is 19.1. The normalized spacial score (nSPS) is 11.9. The number of hydrogen-bond acceptors (Lipinski definition) is 3. The first-order valence-electron chi connectivity index (χ1n) is 8.67. The number of aryl methyl sites for hydroxylation is 1. The van der Waals surface area contributed by atoms with Crippen LogP contribution in [0.2, 0.25) is 0 Å². The first-order chi connectivity index (χ1) is 12.7. The van der Waals surface area contributed by atoms with E-state index in [1.807, 2.05) is 24.3 Å². The molecular weight excluding hydrogens is 331 g/mol. The maximum atomic E-state index is 13.2. The summed E-state index contributed by atoms with van der Waals surface area (Å²) in [5.74, 6) is 0.532. The third-order valence-corrected chi connectivity index (χ3v) is 4.30. The minimum Gasteiger partial charge on any atom is -0.469 e. The van der Waals surface area contributed by atoms with E-state index in [1.54, 1.807) is 30.8 Å². The Morgan fingerprint density at radius 1 is 1.12 bits per heavy atom. The fourth-order valence-electron chi connectivity index (χ4n) is 2.91. The fraction of sp³-hybridized carbons (Fsp3) is 0.238. The van der Waals surface area contributed by atoms with Gasteiger partial charge in [0.1, 0.15) is 11.6 Å². The fourth-order valence-corrected chi connectivity index (χ4v) is 2.91. The van der Waals surface area contributed by atoms with E-state index in [2.05, 4.69) is 10.3 Å². The molecule has 5 heteroatoms. The van der Waals surface area contributed by atoms with Crippen molar-refractivity contribution in [3.8, 4) is 0 Å². The van der Waals surface area contributed by atoms with E-state index in [0.29, 0.717) is 25.8 Å². The van der Waals surface area contributed by atoms with Crippen LogP contribution in [0.3, 0.4) is 0 Å². The van der Waals surface area contributed by atoms with Gasteiger partial charge in [0.15, 0.2) is 0 Å². The average molecular weight is 352 g/mol. The van der Waals surface area contributed by atoms with Gasteiger partial charge in [-0.1, -0.05) is 12.1 Å². The molecule has 1 atom stereocenters. The number of benzene rings is 1. The molecule has 1 amide bonds. The lowest BCUT2D eigenvalue weighted by Gasteiger charge is -2.16. The van der Waals surface area contributed by atoms with Crippen molar-refractivity contribution in [3.05, 3.63) is 89.9 Å². The third kappa shape index (κ3) is 5.02. The largest absolute Gasteiger partial charge is 0.469 e. The van der Waals surface area contributed by atoms with Gasteiger partial charge in [0.05, 0.1) is 6.26 Å². The summed E-state index contributed by atoms with van der Waals surface area (Å²) in [5, 5.41) is 2.96. The Morgan fingerprint density at radius 2 is 1.88 bits per heavy atom. The Bertz CT molecular complexity index is 802. The van der Waals surface area contributed by atoms with Crippen molar-refractivity contribution in [1.82, 2.24) is 10.3 Å². The summed E-state index contributed by atoms with van der Waals surface area (Å²) >= 11 is 0. The van der Waals surface area contributed by atoms with Gasteiger partial charge in [0, 0.05) is 31.3 Å². The molecule has 0 saturated heterocycles. The number of halogens is 1. The Kier molecular flexibility index (Phi) is 6.14. The monoisotopic (exact) mass is 352 g/mol. The molecule has 2 heterocycles. The Labute approximate surface area is 152 Å². The zero-order valence-corrected chi connectivity index (χ0v) is 14.4. The second kappa shape index (κ2) is 8.94. The van der Waals surface area contributed by atoms with Crippen LogP contribution in [0.1, 0.15) is 35.6 Å². The van der Waals surface area contributed by atoms with Gasteiger partial charge in [-0.05, 0) is 60.4 Å². The molecule has 0 saturated carbocycles. The zero-order chi connectivity index (χ0) is 18.2. The molecule has 0 fully saturated rings. The summed E-state index contributed by atoms with van der Waals surface area (Å²) in [6.07, 6.45) is 6.88. The molecule has 0 radical (unpaired) electrons. The molecule has 0 aliphatic heterocycles. The lowest BCUT2D eigenvalue weighted by molar-refractivity contribution is -0.121. The summed E-state index contributed by atoms with van der Waals surface area (Å²) in [6.45, 7) is 0.526. The molecule has 26 heavy (non-hydrogen) atoms. The van der Waals surface area contributed by atoms with Crippen LogP contribution < -0.4 is 5.32 Å².